The van der Waals surface area contributed by atoms with Crippen LogP contribution in [0.5, 0.6) is 0 Å². The summed E-state index contributed by atoms with van der Waals surface area (Å²) in [5.74, 6) is -1.49. The van der Waals surface area contributed by atoms with Crippen molar-refractivity contribution >= 4 is 25.7 Å². The number of phosphoric acid groups is 1. The number of ether oxygens (including phenoxy) is 3. The van der Waals surface area contributed by atoms with Crippen molar-refractivity contribution in [2.45, 2.75) is 238 Å². The van der Waals surface area contributed by atoms with Crippen LogP contribution in [0.2, 0.25) is 0 Å². The molecule has 0 heterocycles. The molecule has 12 heteroatoms. The zero-order chi connectivity index (χ0) is 48.4. The summed E-state index contributed by atoms with van der Waals surface area (Å²) < 4.78 is 39.3. The maximum atomic E-state index is 12.8. The van der Waals surface area contributed by atoms with Gasteiger partial charge >= 0.3 is 25.7 Å². The fourth-order valence-corrected chi connectivity index (χ4v) is 7.72. The molecular weight excluding hydrogens is 856 g/mol. The van der Waals surface area contributed by atoms with E-state index in [0.29, 0.717) is 19.3 Å². The van der Waals surface area contributed by atoms with Crippen molar-refractivity contribution < 1.29 is 52.2 Å². The number of aliphatic hydroxyl groups is 1. The molecule has 0 amide bonds. The van der Waals surface area contributed by atoms with E-state index in [9.17, 15) is 28.9 Å². The molecule has 0 aromatic rings. The van der Waals surface area contributed by atoms with Gasteiger partial charge in [-0.3, -0.25) is 23.4 Å². The molecule has 0 spiro atoms. The molecule has 0 aromatic heterocycles. The van der Waals surface area contributed by atoms with Gasteiger partial charge in [0.2, 0.25) is 0 Å². The highest BCUT2D eigenvalue weighted by molar-refractivity contribution is 7.47. The number of aliphatic hydroxyl groups excluding tert-OH is 1. The predicted molar refractivity (Wildman–Crippen MR) is 270 cm³/mol. The first-order valence-corrected chi connectivity index (χ1v) is 27.7. The van der Waals surface area contributed by atoms with E-state index in [1.807, 2.05) is 0 Å². The molecule has 0 rings (SSSR count). The largest absolute Gasteiger partial charge is 0.472 e. The lowest BCUT2D eigenvalue weighted by molar-refractivity contribution is -0.161. The van der Waals surface area contributed by atoms with Crippen molar-refractivity contribution in [2.75, 3.05) is 26.4 Å². The molecule has 0 bridgehead atoms. The lowest BCUT2D eigenvalue weighted by Gasteiger charge is -2.21. The van der Waals surface area contributed by atoms with Gasteiger partial charge in [0.15, 0.2) is 6.10 Å². The standard InChI is InChI=1S/C54H95O11P/c1-4-7-10-13-16-19-21-23-24-25-26-28-30-33-36-39-42-45-54(58)65-51(47-61-52(56)43-40-37-34-31-18-15-12-9-6-3)49-63-66(59,60)62-48-50(46-55)64-53(57)44-41-38-35-32-29-27-22-20-17-14-11-8-5-2/h7,10-11,14,16,19-20,22-24,50-51,55H,4-6,8-9,12-13,15,17-18,21,25-49H2,1-3H3,(H,59,60)/b10-7-,14-11-,19-16-,22-20-,24-23-. The lowest BCUT2D eigenvalue weighted by atomic mass is 10.1. The predicted octanol–water partition coefficient (Wildman–Crippen LogP) is 14.8. The van der Waals surface area contributed by atoms with Gasteiger partial charge in [0, 0.05) is 19.3 Å². The average Bonchev–Trinajstić information content (AvgIpc) is 3.30. The van der Waals surface area contributed by atoms with Gasteiger partial charge in [0.05, 0.1) is 19.8 Å². The topological polar surface area (TPSA) is 155 Å². The van der Waals surface area contributed by atoms with Crippen LogP contribution in [-0.2, 0) is 42.2 Å². The van der Waals surface area contributed by atoms with E-state index in [4.69, 9.17) is 23.3 Å². The zero-order valence-corrected chi connectivity index (χ0v) is 42.8. The van der Waals surface area contributed by atoms with Crippen LogP contribution >= 0.6 is 7.82 Å². The highest BCUT2D eigenvalue weighted by Crippen LogP contribution is 2.43. The number of carbonyl (C=O) groups is 3. The Kier molecular flexibility index (Phi) is 46.6. The van der Waals surface area contributed by atoms with E-state index in [2.05, 4.69) is 81.5 Å². The smallest absolute Gasteiger partial charge is 0.462 e. The third-order valence-corrected chi connectivity index (χ3v) is 11.9. The Morgan fingerprint density at radius 3 is 1.27 bits per heavy atom. The summed E-state index contributed by atoms with van der Waals surface area (Å²) >= 11 is 0. The van der Waals surface area contributed by atoms with Crippen LogP contribution in [-0.4, -0.2) is 66.5 Å². The fourth-order valence-electron chi connectivity index (χ4n) is 6.94. The number of unbranched alkanes of at least 4 members (excludes halogenated alkanes) is 21. The Balaban J connectivity index is 4.71. The van der Waals surface area contributed by atoms with Gasteiger partial charge in [-0.05, 0) is 77.0 Å². The van der Waals surface area contributed by atoms with Crippen molar-refractivity contribution in [2.24, 2.45) is 0 Å². The quantitative estimate of drug-likeness (QED) is 0.0197. The zero-order valence-electron chi connectivity index (χ0n) is 41.9. The van der Waals surface area contributed by atoms with E-state index in [0.717, 1.165) is 122 Å². The molecule has 0 saturated carbocycles. The van der Waals surface area contributed by atoms with Crippen LogP contribution in [0.1, 0.15) is 226 Å². The molecule has 0 aliphatic carbocycles. The minimum atomic E-state index is -4.74. The molecule has 0 fully saturated rings. The highest BCUT2D eigenvalue weighted by atomic mass is 31.2. The minimum absolute atomic E-state index is 0.156. The number of hydrogen-bond acceptors (Lipinski definition) is 10. The lowest BCUT2D eigenvalue weighted by Crippen LogP contribution is -2.30. The van der Waals surface area contributed by atoms with E-state index >= 15 is 0 Å². The highest BCUT2D eigenvalue weighted by Gasteiger charge is 2.28. The van der Waals surface area contributed by atoms with Gasteiger partial charge in [-0.1, -0.05) is 191 Å². The van der Waals surface area contributed by atoms with Crippen LogP contribution in [0, 0.1) is 0 Å². The first-order valence-electron chi connectivity index (χ1n) is 26.2. The van der Waals surface area contributed by atoms with Crippen molar-refractivity contribution in [1.82, 2.24) is 0 Å². The van der Waals surface area contributed by atoms with Crippen molar-refractivity contribution in [1.29, 1.82) is 0 Å². The maximum Gasteiger partial charge on any atom is 0.472 e. The van der Waals surface area contributed by atoms with E-state index in [1.165, 1.54) is 44.9 Å². The second-order valence-electron chi connectivity index (χ2n) is 17.3. The summed E-state index contributed by atoms with van der Waals surface area (Å²) in [5, 5.41) is 9.76. The number of phosphoric ester groups is 1. The normalized spacial score (nSPS) is 14.0. The molecule has 11 nitrogen and oxygen atoms in total. The SMILES string of the molecule is CC/C=C\C/C=C\C/C=C\CCCCCCCCCC(=O)OC(COC(=O)CCCCCCCCCCC)COP(=O)(O)OCC(CO)OC(=O)CCCCCCC/C=C\C/C=C\CCC. The van der Waals surface area contributed by atoms with Crippen LogP contribution in [0.25, 0.3) is 0 Å². The van der Waals surface area contributed by atoms with Crippen LogP contribution in [0.4, 0.5) is 0 Å². The molecule has 3 atom stereocenters. The second-order valence-corrected chi connectivity index (χ2v) is 18.8. The van der Waals surface area contributed by atoms with Crippen molar-refractivity contribution in [3.05, 3.63) is 60.8 Å². The monoisotopic (exact) mass is 951 g/mol. The molecule has 2 N–H and O–H groups in total. The Bertz CT molecular complexity index is 1340. The fraction of sp³-hybridized carbons (Fsp3) is 0.759. The molecule has 0 aromatic carbocycles. The van der Waals surface area contributed by atoms with Gasteiger partial charge in [0.1, 0.15) is 12.7 Å². The van der Waals surface area contributed by atoms with Gasteiger partial charge in [-0.15, -0.1) is 0 Å². The Labute approximate surface area is 402 Å². The van der Waals surface area contributed by atoms with E-state index < -0.39 is 57.8 Å². The third-order valence-electron chi connectivity index (χ3n) is 10.9. The van der Waals surface area contributed by atoms with Crippen molar-refractivity contribution in [3.8, 4) is 0 Å². The summed E-state index contributed by atoms with van der Waals surface area (Å²) in [5.41, 5.74) is 0. The van der Waals surface area contributed by atoms with Gasteiger partial charge in [0.25, 0.3) is 0 Å². The summed E-state index contributed by atoms with van der Waals surface area (Å²) in [6, 6.07) is 0. The molecule has 0 radical (unpaired) electrons. The molecule has 382 valence electrons. The Hall–Kier alpha value is -2.82. The second kappa shape index (κ2) is 48.6. The van der Waals surface area contributed by atoms with Crippen LogP contribution < -0.4 is 0 Å². The number of carbonyl (C=O) groups excluding carboxylic acids is 3. The molecule has 0 saturated heterocycles. The van der Waals surface area contributed by atoms with Crippen LogP contribution in [0.3, 0.4) is 0 Å². The molecule has 3 unspecified atom stereocenters. The van der Waals surface area contributed by atoms with E-state index in [1.54, 1.807) is 0 Å². The number of hydrogen-bond donors (Lipinski definition) is 2. The van der Waals surface area contributed by atoms with Crippen LogP contribution in [0.15, 0.2) is 60.8 Å². The van der Waals surface area contributed by atoms with Gasteiger partial charge < -0.3 is 24.2 Å². The number of allylic oxidation sites excluding steroid dienone is 10. The first-order chi connectivity index (χ1) is 32.2. The molecular formula is C54H95O11P. The van der Waals surface area contributed by atoms with E-state index in [-0.39, 0.29) is 25.9 Å². The summed E-state index contributed by atoms with van der Waals surface area (Å²) in [7, 11) is -4.74. The summed E-state index contributed by atoms with van der Waals surface area (Å²) in [6.45, 7) is 4.41. The Morgan fingerprint density at radius 1 is 0.439 bits per heavy atom. The van der Waals surface area contributed by atoms with Crippen molar-refractivity contribution in [3.63, 3.8) is 0 Å². The summed E-state index contributed by atoms with van der Waals surface area (Å²) in [6.07, 6.45) is 50.5. The maximum absolute atomic E-state index is 12.8. The van der Waals surface area contributed by atoms with Gasteiger partial charge in [-0.25, -0.2) is 4.57 Å². The molecule has 0 aliphatic heterocycles. The average molecular weight is 951 g/mol. The Morgan fingerprint density at radius 2 is 0.818 bits per heavy atom. The molecule has 66 heavy (non-hydrogen) atoms. The minimum Gasteiger partial charge on any atom is -0.462 e. The molecule has 0 aliphatic rings. The first kappa shape index (κ1) is 63.2. The van der Waals surface area contributed by atoms with Gasteiger partial charge in [-0.2, -0.15) is 0 Å². The third kappa shape index (κ3) is 46.3. The number of esters is 3. The summed E-state index contributed by atoms with van der Waals surface area (Å²) in [4.78, 5) is 48.2. The number of rotatable bonds is 48.